The zero-order chi connectivity index (χ0) is 11.6. The summed E-state index contributed by atoms with van der Waals surface area (Å²) in [4.78, 5) is 2.23. The molecule has 5 heteroatoms. The van der Waals surface area contributed by atoms with Gasteiger partial charge >= 0.3 is 0 Å². The van der Waals surface area contributed by atoms with Crippen molar-refractivity contribution < 1.29 is 0 Å². The lowest BCUT2D eigenvalue weighted by atomic mass is 10.2. The highest BCUT2D eigenvalue weighted by Gasteiger charge is 2.35. The molecule has 1 fully saturated rings. The second-order valence-electron chi connectivity index (χ2n) is 3.83. The van der Waals surface area contributed by atoms with Crippen LogP contribution in [0.4, 0.5) is 5.69 Å². The molecule has 1 aliphatic heterocycles. The van der Waals surface area contributed by atoms with E-state index in [9.17, 15) is 0 Å². The van der Waals surface area contributed by atoms with Crippen molar-refractivity contribution in [2.24, 2.45) is 0 Å². The Hall–Kier alpha value is -0.150. The van der Waals surface area contributed by atoms with Crippen molar-refractivity contribution in [1.29, 1.82) is 0 Å². The van der Waals surface area contributed by atoms with Crippen molar-refractivity contribution in [3.63, 3.8) is 0 Å². The van der Waals surface area contributed by atoms with Crippen LogP contribution in [0.2, 0.25) is 0 Å². The minimum Gasteiger partial charge on any atom is -0.369 e. The maximum Gasteiger partial charge on any atom is 0.207 e. The fraction of sp³-hybridized carbons (Fsp3) is 0.455. The van der Waals surface area contributed by atoms with E-state index in [0.29, 0.717) is 6.54 Å². The van der Waals surface area contributed by atoms with Crippen LogP contribution in [0.25, 0.3) is 0 Å². The molecule has 0 aliphatic carbocycles. The van der Waals surface area contributed by atoms with E-state index in [2.05, 4.69) is 22.3 Å². The quantitative estimate of drug-likeness (QED) is 0.795. The first kappa shape index (κ1) is 12.3. The summed E-state index contributed by atoms with van der Waals surface area (Å²) < 4.78 is -1.26. The molecule has 0 spiro atoms. The minimum absolute atomic E-state index is 0.133. The van der Waals surface area contributed by atoms with Crippen molar-refractivity contribution in [3.8, 4) is 0 Å². The molecule has 1 atom stereocenters. The SMILES string of the molecule is ClC(Cl)(Cl)C1CN(c2ccccc2)CCN1. The first-order valence-corrected chi connectivity index (χ1v) is 6.31. The Morgan fingerprint density at radius 1 is 1.19 bits per heavy atom. The maximum atomic E-state index is 5.91. The highest BCUT2D eigenvalue weighted by atomic mass is 35.6. The maximum absolute atomic E-state index is 5.91. The Morgan fingerprint density at radius 2 is 1.88 bits per heavy atom. The molecule has 1 heterocycles. The number of benzene rings is 1. The second kappa shape index (κ2) is 5.01. The molecule has 1 N–H and O–H groups in total. The number of halogens is 3. The highest BCUT2D eigenvalue weighted by Crippen LogP contribution is 2.32. The third-order valence-electron chi connectivity index (χ3n) is 2.69. The van der Waals surface area contributed by atoms with E-state index in [1.807, 2.05) is 18.2 Å². The van der Waals surface area contributed by atoms with Gasteiger partial charge in [0.15, 0.2) is 0 Å². The van der Waals surface area contributed by atoms with Crippen molar-refractivity contribution in [2.45, 2.75) is 9.83 Å². The van der Waals surface area contributed by atoms with E-state index in [4.69, 9.17) is 34.8 Å². The van der Waals surface area contributed by atoms with E-state index in [1.165, 1.54) is 5.69 Å². The van der Waals surface area contributed by atoms with Gasteiger partial charge in [-0.1, -0.05) is 53.0 Å². The van der Waals surface area contributed by atoms with Gasteiger partial charge in [0.1, 0.15) is 0 Å². The van der Waals surface area contributed by atoms with E-state index in [0.717, 1.165) is 13.1 Å². The monoisotopic (exact) mass is 278 g/mol. The number of anilines is 1. The standard InChI is InChI=1S/C11H13Cl3N2/c12-11(13,14)10-8-16(7-6-15-10)9-4-2-1-3-5-9/h1-5,10,15H,6-8H2. The Bertz CT molecular complexity index is 337. The summed E-state index contributed by atoms with van der Waals surface area (Å²) in [5.74, 6) is 0. The molecule has 0 amide bonds. The summed E-state index contributed by atoms with van der Waals surface area (Å²) in [5.41, 5.74) is 1.17. The van der Waals surface area contributed by atoms with Gasteiger partial charge in [-0.25, -0.2) is 0 Å². The number of piperazine rings is 1. The lowest BCUT2D eigenvalue weighted by Gasteiger charge is -2.38. The van der Waals surface area contributed by atoms with Crippen molar-refractivity contribution in [2.75, 3.05) is 24.5 Å². The van der Waals surface area contributed by atoms with Crippen molar-refractivity contribution in [3.05, 3.63) is 30.3 Å². The molecular formula is C11H13Cl3N2. The molecular weight excluding hydrogens is 266 g/mol. The van der Waals surface area contributed by atoms with Gasteiger partial charge in [-0.3, -0.25) is 0 Å². The molecule has 1 saturated heterocycles. The smallest absolute Gasteiger partial charge is 0.207 e. The zero-order valence-electron chi connectivity index (χ0n) is 8.67. The molecule has 2 nitrogen and oxygen atoms in total. The van der Waals surface area contributed by atoms with E-state index in [-0.39, 0.29) is 6.04 Å². The highest BCUT2D eigenvalue weighted by molar-refractivity contribution is 6.68. The summed E-state index contributed by atoms with van der Waals surface area (Å²) in [5, 5.41) is 3.22. The van der Waals surface area contributed by atoms with Crippen LogP contribution in [0.15, 0.2) is 30.3 Å². The molecule has 1 aliphatic rings. The van der Waals surface area contributed by atoms with Crippen molar-refractivity contribution in [1.82, 2.24) is 5.32 Å². The Kier molecular flexibility index (Phi) is 3.85. The zero-order valence-corrected chi connectivity index (χ0v) is 10.9. The lowest BCUT2D eigenvalue weighted by molar-refractivity contribution is 0.462. The van der Waals surface area contributed by atoms with Gasteiger partial charge in [-0.15, -0.1) is 0 Å². The van der Waals surface area contributed by atoms with Crippen molar-refractivity contribution >= 4 is 40.5 Å². The summed E-state index contributed by atoms with van der Waals surface area (Å²) >= 11 is 17.7. The molecule has 0 radical (unpaired) electrons. The van der Waals surface area contributed by atoms with Gasteiger partial charge in [0.25, 0.3) is 0 Å². The third-order valence-corrected chi connectivity index (χ3v) is 3.48. The molecule has 0 aromatic heterocycles. The Morgan fingerprint density at radius 3 is 2.50 bits per heavy atom. The van der Waals surface area contributed by atoms with E-state index in [1.54, 1.807) is 0 Å². The number of hydrogen-bond donors (Lipinski definition) is 1. The fourth-order valence-electron chi connectivity index (χ4n) is 1.84. The molecule has 0 bridgehead atoms. The summed E-state index contributed by atoms with van der Waals surface area (Å²) in [6.07, 6.45) is 0. The molecule has 2 rings (SSSR count). The van der Waals surface area contributed by atoms with Gasteiger partial charge in [-0.05, 0) is 12.1 Å². The lowest BCUT2D eigenvalue weighted by Crippen LogP contribution is -2.56. The second-order valence-corrected chi connectivity index (χ2v) is 6.20. The number of hydrogen-bond acceptors (Lipinski definition) is 2. The predicted octanol–water partition coefficient (Wildman–Crippen LogP) is 2.84. The van der Waals surface area contributed by atoms with Crippen LogP contribution >= 0.6 is 34.8 Å². The Balaban J connectivity index is 2.08. The Labute approximate surface area is 110 Å². The summed E-state index contributed by atoms with van der Waals surface area (Å²) in [6, 6.07) is 10.0. The van der Waals surface area contributed by atoms with Gasteiger partial charge in [-0.2, -0.15) is 0 Å². The number of rotatable bonds is 1. The topological polar surface area (TPSA) is 15.3 Å². The molecule has 16 heavy (non-hydrogen) atoms. The van der Waals surface area contributed by atoms with Crippen LogP contribution in [0.3, 0.4) is 0 Å². The summed E-state index contributed by atoms with van der Waals surface area (Å²) in [7, 11) is 0. The van der Waals surface area contributed by atoms with Crippen LogP contribution in [0.5, 0.6) is 0 Å². The molecule has 0 saturated carbocycles. The van der Waals surface area contributed by atoms with Gasteiger partial charge in [0.05, 0.1) is 6.04 Å². The van der Waals surface area contributed by atoms with Crippen LogP contribution < -0.4 is 10.2 Å². The first-order valence-electron chi connectivity index (χ1n) is 5.17. The molecule has 1 aromatic rings. The third kappa shape index (κ3) is 2.95. The van der Waals surface area contributed by atoms with Crippen LogP contribution in [0, 0.1) is 0 Å². The largest absolute Gasteiger partial charge is 0.369 e. The van der Waals surface area contributed by atoms with Crippen LogP contribution in [0.1, 0.15) is 0 Å². The summed E-state index contributed by atoms with van der Waals surface area (Å²) in [6.45, 7) is 2.47. The first-order chi connectivity index (χ1) is 7.57. The van der Waals surface area contributed by atoms with Gasteiger partial charge in [0, 0.05) is 25.3 Å². The normalized spacial score (nSPS) is 22.2. The number of nitrogens with one attached hydrogen (secondary N) is 1. The van der Waals surface area contributed by atoms with Crippen LogP contribution in [-0.4, -0.2) is 29.5 Å². The van der Waals surface area contributed by atoms with Crippen LogP contribution in [-0.2, 0) is 0 Å². The number of alkyl halides is 3. The predicted molar refractivity (Wildman–Crippen MR) is 70.7 cm³/mol. The van der Waals surface area contributed by atoms with Gasteiger partial charge in [0.2, 0.25) is 3.79 Å². The average molecular weight is 280 g/mol. The number of nitrogens with zero attached hydrogens (tertiary/aromatic N) is 1. The minimum atomic E-state index is -1.26. The van der Waals surface area contributed by atoms with E-state index < -0.39 is 3.79 Å². The fourth-order valence-corrected chi connectivity index (χ4v) is 2.28. The average Bonchev–Trinajstić information content (AvgIpc) is 2.29. The number of para-hydroxylation sites is 1. The van der Waals surface area contributed by atoms with E-state index >= 15 is 0 Å². The van der Waals surface area contributed by atoms with Gasteiger partial charge < -0.3 is 10.2 Å². The molecule has 1 unspecified atom stereocenters. The molecule has 1 aromatic carbocycles. The molecule has 88 valence electrons.